The molecule has 1 unspecified atom stereocenters. The predicted octanol–water partition coefficient (Wildman–Crippen LogP) is 5.18. The van der Waals surface area contributed by atoms with Crippen molar-refractivity contribution in [3.05, 3.63) is 0 Å². The second kappa shape index (κ2) is 10.8. The lowest BCUT2D eigenvalue weighted by atomic mass is 10.1. The third-order valence-corrected chi connectivity index (χ3v) is 10.9. The summed E-state index contributed by atoms with van der Waals surface area (Å²) in [6.45, 7) is 17.3. The average molecular weight is 434 g/mol. The second-order valence-electron chi connectivity index (χ2n) is 9.36. The van der Waals surface area contributed by atoms with Crippen molar-refractivity contribution in [3.8, 4) is 0 Å². The van der Waals surface area contributed by atoms with Gasteiger partial charge in [-0.1, -0.05) is 20.8 Å². The number of nitrogens with one attached hydrogen (secondary N) is 1. The molecule has 0 aliphatic rings. The van der Waals surface area contributed by atoms with Crippen LogP contribution in [0.25, 0.3) is 0 Å². The highest BCUT2D eigenvalue weighted by atomic mass is 32.2. The number of ether oxygens (including phenoxy) is 1. The minimum absolute atomic E-state index is 0.116. The molecule has 0 aromatic heterocycles. The van der Waals surface area contributed by atoms with Crippen molar-refractivity contribution < 1.29 is 26.9 Å². The first-order valence-electron chi connectivity index (χ1n) is 9.42. The summed E-state index contributed by atoms with van der Waals surface area (Å²) in [4.78, 5) is 0. The molecule has 0 aliphatic heterocycles. The van der Waals surface area contributed by atoms with Crippen LogP contribution in [0.2, 0.25) is 18.1 Å². The summed E-state index contributed by atoms with van der Waals surface area (Å²) in [5, 5.41) is 0.122. The Morgan fingerprint density at radius 1 is 0.963 bits per heavy atom. The highest BCUT2D eigenvalue weighted by Gasteiger charge is 2.37. The van der Waals surface area contributed by atoms with Crippen LogP contribution in [-0.4, -0.2) is 49.7 Å². The monoisotopic (exact) mass is 433 g/mol. The van der Waals surface area contributed by atoms with Crippen LogP contribution in [0.1, 0.15) is 60.8 Å². The molecule has 0 amide bonds. The van der Waals surface area contributed by atoms with E-state index >= 15 is 0 Å². The number of alkyl halides is 3. The third kappa shape index (κ3) is 12.4. The molecule has 0 saturated carbocycles. The molecule has 1 N–H and O–H groups in total. The number of hydrogen-bond donors (Lipinski definition) is 1. The molecular weight excluding hydrogens is 395 g/mol. The van der Waals surface area contributed by atoms with Crippen LogP contribution < -0.4 is 4.72 Å². The van der Waals surface area contributed by atoms with Gasteiger partial charge in [-0.3, -0.25) is 0 Å². The predicted molar refractivity (Wildman–Crippen MR) is 109 cm³/mol. The van der Waals surface area contributed by atoms with E-state index in [0.717, 1.165) is 0 Å². The Kier molecular flexibility index (Phi) is 10.9. The smallest absolute Gasteiger partial charge is 0.389 e. The van der Waals surface area contributed by atoms with Crippen molar-refractivity contribution >= 4 is 19.7 Å². The fourth-order valence-corrected chi connectivity index (χ4v) is 3.75. The molecule has 9 heteroatoms. The molecular formula is C18H38F3NO3SSi. The van der Waals surface area contributed by atoms with Gasteiger partial charge in [0.2, 0.25) is 0 Å². The zero-order chi connectivity index (χ0) is 21.5. The third-order valence-electron chi connectivity index (χ3n) is 4.71. The fraction of sp³-hybridized carbons (Fsp3) is 1.00. The van der Waals surface area contributed by atoms with E-state index in [1.165, 1.54) is 0 Å². The number of halogens is 3. The van der Waals surface area contributed by atoms with Crippen LogP contribution in [0.3, 0.4) is 0 Å². The Hall–Kier alpha value is 0.197. The topological polar surface area (TPSA) is 53.5 Å². The second-order valence-corrected chi connectivity index (χ2v) is 16.2. The molecule has 0 radical (unpaired) electrons. The van der Waals surface area contributed by atoms with Gasteiger partial charge in [0.25, 0.3) is 0 Å². The molecule has 0 spiro atoms. The molecule has 0 saturated heterocycles. The zero-order valence-corrected chi connectivity index (χ0v) is 19.9. The number of hydrogen-bond acceptors (Lipinski definition) is 4. The van der Waals surface area contributed by atoms with Crippen LogP contribution in [-0.2, 0) is 20.5 Å². The SMILES string of the molecule is CC(C)(C)[S@@+]([O-])NC(CCOCCO[Si](C)(C)C(C)(C)C)CCC(F)(F)F. The first-order chi connectivity index (χ1) is 12.0. The first kappa shape index (κ1) is 27.2. The van der Waals surface area contributed by atoms with Gasteiger partial charge in [0.05, 0.1) is 19.3 Å². The summed E-state index contributed by atoms with van der Waals surface area (Å²) in [5.41, 5.74) is 0. The molecule has 164 valence electrons. The summed E-state index contributed by atoms with van der Waals surface area (Å²) in [5.74, 6) is 0. The molecule has 2 atom stereocenters. The molecule has 0 fully saturated rings. The Bertz CT molecular complexity index is 424. The van der Waals surface area contributed by atoms with E-state index < -0.39 is 43.1 Å². The molecule has 0 aromatic carbocycles. The van der Waals surface area contributed by atoms with Crippen molar-refractivity contribution in [1.82, 2.24) is 4.72 Å². The van der Waals surface area contributed by atoms with Gasteiger partial charge in [-0.05, 0) is 51.7 Å². The maximum absolute atomic E-state index is 12.5. The minimum Gasteiger partial charge on any atom is -0.598 e. The lowest BCUT2D eigenvalue weighted by molar-refractivity contribution is -0.136. The summed E-state index contributed by atoms with van der Waals surface area (Å²) >= 11 is -1.42. The Labute approximate surface area is 167 Å². The van der Waals surface area contributed by atoms with Crippen LogP contribution in [0.15, 0.2) is 0 Å². The zero-order valence-electron chi connectivity index (χ0n) is 18.1. The van der Waals surface area contributed by atoms with Gasteiger partial charge in [-0.2, -0.15) is 13.2 Å². The minimum atomic E-state index is -4.22. The van der Waals surface area contributed by atoms with Crippen LogP contribution in [0.5, 0.6) is 0 Å². The molecule has 0 aliphatic carbocycles. The van der Waals surface area contributed by atoms with E-state index in [-0.39, 0.29) is 11.5 Å². The van der Waals surface area contributed by atoms with Crippen molar-refractivity contribution in [2.75, 3.05) is 19.8 Å². The van der Waals surface area contributed by atoms with E-state index in [0.29, 0.717) is 26.2 Å². The maximum atomic E-state index is 12.5. The van der Waals surface area contributed by atoms with E-state index in [4.69, 9.17) is 9.16 Å². The van der Waals surface area contributed by atoms with Gasteiger partial charge >= 0.3 is 6.18 Å². The largest absolute Gasteiger partial charge is 0.598 e. The van der Waals surface area contributed by atoms with Crippen LogP contribution in [0, 0.1) is 0 Å². The Morgan fingerprint density at radius 3 is 1.96 bits per heavy atom. The standard InChI is InChI=1S/C18H38F3NO3SSi/c1-16(2,3)26(23)22-15(9-11-18(19,20)21)10-12-24-13-14-25-27(7,8)17(4,5)6/h15,22H,9-14H2,1-8H3/t15?,26-/m1/s1. The summed E-state index contributed by atoms with van der Waals surface area (Å²) < 4.78 is 63.7. The molecule has 0 heterocycles. The molecule has 0 rings (SSSR count). The van der Waals surface area contributed by atoms with Crippen LogP contribution >= 0.6 is 0 Å². The summed E-state index contributed by atoms with van der Waals surface area (Å²) in [7, 11) is -1.82. The quantitative estimate of drug-likeness (QED) is 0.277. The fourth-order valence-electron chi connectivity index (χ4n) is 1.83. The van der Waals surface area contributed by atoms with Gasteiger partial charge in [-0.15, -0.1) is 4.72 Å². The normalized spacial score (nSPS) is 16.4. The lowest BCUT2D eigenvalue weighted by Crippen LogP contribution is -2.45. The molecule has 0 bridgehead atoms. The van der Waals surface area contributed by atoms with Crippen molar-refractivity contribution in [1.29, 1.82) is 0 Å². The van der Waals surface area contributed by atoms with Gasteiger partial charge in [0, 0.05) is 24.4 Å². The molecule has 0 aromatic rings. The van der Waals surface area contributed by atoms with E-state index in [1.807, 2.05) is 0 Å². The van der Waals surface area contributed by atoms with Crippen molar-refractivity contribution in [2.45, 2.75) is 95.9 Å². The average Bonchev–Trinajstić information content (AvgIpc) is 2.44. The highest BCUT2D eigenvalue weighted by Crippen LogP contribution is 2.36. The van der Waals surface area contributed by atoms with Crippen molar-refractivity contribution in [3.63, 3.8) is 0 Å². The molecule has 4 nitrogen and oxygen atoms in total. The van der Waals surface area contributed by atoms with Crippen molar-refractivity contribution in [2.24, 2.45) is 0 Å². The Morgan fingerprint density at radius 2 is 1.52 bits per heavy atom. The van der Waals surface area contributed by atoms with Gasteiger partial charge in [0.15, 0.2) is 8.32 Å². The number of rotatable bonds is 11. The lowest BCUT2D eigenvalue weighted by Gasteiger charge is -2.36. The summed E-state index contributed by atoms with van der Waals surface area (Å²) in [6.07, 6.45) is -4.87. The Balaban J connectivity index is 4.36. The van der Waals surface area contributed by atoms with Crippen LogP contribution in [0.4, 0.5) is 13.2 Å². The van der Waals surface area contributed by atoms with E-state index in [1.54, 1.807) is 20.8 Å². The highest BCUT2D eigenvalue weighted by molar-refractivity contribution is 7.90. The van der Waals surface area contributed by atoms with Gasteiger partial charge in [-0.25, -0.2) is 0 Å². The first-order valence-corrected chi connectivity index (χ1v) is 13.5. The molecule has 27 heavy (non-hydrogen) atoms. The van der Waals surface area contributed by atoms with E-state index in [9.17, 15) is 17.7 Å². The summed E-state index contributed by atoms with van der Waals surface area (Å²) in [6, 6.07) is -0.506. The van der Waals surface area contributed by atoms with E-state index in [2.05, 4.69) is 38.6 Å². The maximum Gasteiger partial charge on any atom is 0.389 e. The van der Waals surface area contributed by atoms with Gasteiger partial charge in [0.1, 0.15) is 4.75 Å². The van der Waals surface area contributed by atoms with Gasteiger partial charge < -0.3 is 13.7 Å².